The minimum absolute atomic E-state index is 0.410. The van der Waals surface area contributed by atoms with Crippen molar-refractivity contribution in [3.8, 4) is 0 Å². The first kappa shape index (κ1) is 15.3. The number of carbonyl (C=O) groups excluding carboxylic acids is 1. The number of aryl methyl sites for hydroxylation is 2. The van der Waals surface area contributed by atoms with E-state index in [0.717, 1.165) is 22.3 Å². The van der Waals surface area contributed by atoms with Crippen LogP contribution in [0.15, 0.2) is 48.5 Å². The second-order valence-electron chi connectivity index (χ2n) is 5.30. The average molecular weight is 284 g/mol. The van der Waals surface area contributed by atoms with E-state index < -0.39 is 18.2 Å². The highest BCUT2D eigenvalue weighted by Crippen LogP contribution is 2.32. The highest BCUT2D eigenvalue weighted by molar-refractivity contribution is 5.66. The van der Waals surface area contributed by atoms with Gasteiger partial charge in [-0.15, -0.1) is 0 Å². The molecular weight excluding hydrogens is 264 g/mol. The Morgan fingerprint density at radius 2 is 1.33 bits per heavy atom. The first-order chi connectivity index (χ1) is 9.97. The quantitative estimate of drug-likeness (QED) is 0.872. The van der Waals surface area contributed by atoms with Crippen molar-refractivity contribution in [1.82, 2.24) is 0 Å². The zero-order valence-electron chi connectivity index (χ0n) is 12.5. The lowest BCUT2D eigenvalue weighted by Crippen LogP contribution is -2.17. The van der Waals surface area contributed by atoms with E-state index in [-0.39, 0.29) is 0 Å². The van der Waals surface area contributed by atoms with Crippen LogP contribution in [-0.4, -0.2) is 11.1 Å². The van der Waals surface area contributed by atoms with Gasteiger partial charge in [0.1, 0.15) is 6.10 Å². The summed E-state index contributed by atoms with van der Waals surface area (Å²) in [6.45, 7) is 5.32. The maximum Gasteiger partial charge on any atom is 0.303 e. The van der Waals surface area contributed by atoms with E-state index in [4.69, 9.17) is 4.74 Å². The third-order valence-electron chi connectivity index (χ3n) is 3.40. The normalized spacial score (nSPS) is 13.5. The molecule has 2 aromatic rings. The Kier molecular flexibility index (Phi) is 4.76. The number of aliphatic hydroxyl groups is 1. The summed E-state index contributed by atoms with van der Waals surface area (Å²) in [5, 5.41) is 10.6. The molecule has 0 aromatic heterocycles. The number of benzene rings is 2. The molecule has 2 atom stereocenters. The topological polar surface area (TPSA) is 46.5 Å². The summed E-state index contributed by atoms with van der Waals surface area (Å²) >= 11 is 0. The summed E-state index contributed by atoms with van der Waals surface area (Å²) < 4.78 is 5.33. The van der Waals surface area contributed by atoms with E-state index in [1.807, 2.05) is 62.4 Å². The number of ether oxygens (including phenoxy) is 1. The van der Waals surface area contributed by atoms with Gasteiger partial charge in [-0.1, -0.05) is 59.7 Å². The minimum Gasteiger partial charge on any atom is -0.455 e. The minimum atomic E-state index is -0.891. The molecule has 0 bridgehead atoms. The Hall–Kier alpha value is -2.13. The summed E-state index contributed by atoms with van der Waals surface area (Å²) in [4.78, 5) is 11.4. The molecular formula is C18H20O3. The van der Waals surface area contributed by atoms with Gasteiger partial charge >= 0.3 is 5.97 Å². The van der Waals surface area contributed by atoms with Crippen LogP contribution in [0.1, 0.15) is 41.4 Å². The van der Waals surface area contributed by atoms with Gasteiger partial charge in [0, 0.05) is 6.92 Å². The molecule has 0 aliphatic rings. The van der Waals surface area contributed by atoms with Crippen LogP contribution in [0.25, 0.3) is 0 Å². The van der Waals surface area contributed by atoms with Crippen LogP contribution >= 0.6 is 0 Å². The third kappa shape index (κ3) is 3.92. The van der Waals surface area contributed by atoms with Gasteiger partial charge in [0.15, 0.2) is 6.10 Å². The Balaban J connectivity index is 2.32. The molecule has 2 aromatic carbocycles. The molecule has 0 spiro atoms. The van der Waals surface area contributed by atoms with Gasteiger partial charge in [0.2, 0.25) is 0 Å². The van der Waals surface area contributed by atoms with Crippen LogP contribution in [-0.2, 0) is 9.53 Å². The number of esters is 1. The molecule has 0 aliphatic heterocycles. The number of rotatable bonds is 4. The van der Waals surface area contributed by atoms with Crippen LogP contribution in [0, 0.1) is 13.8 Å². The van der Waals surface area contributed by atoms with Gasteiger partial charge in [-0.25, -0.2) is 0 Å². The first-order valence-electron chi connectivity index (χ1n) is 6.96. The zero-order chi connectivity index (χ0) is 15.4. The van der Waals surface area contributed by atoms with Crippen LogP contribution in [0.4, 0.5) is 0 Å². The summed E-state index contributed by atoms with van der Waals surface area (Å²) in [7, 11) is 0. The number of carbonyl (C=O) groups is 1. The largest absolute Gasteiger partial charge is 0.455 e. The van der Waals surface area contributed by atoms with Crippen molar-refractivity contribution in [3.63, 3.8) is 0 Å². The molecule has 0 aliphatic carbocycles. The first-order valence-corrected chi connectivity index (χ1v) is 6.96. The van der Waals surface area contributed by atoms with E-state index in [1.165, 1.54) is 6.92 Å². The number of hydrogen-bond donors (Lipinski definition) is 1. The van der Waals surface area contributed by atoms with Gasteiger partial charge < -0.3 is 9.84 Å². The summed E-state index contributed by atoms with van der Waals surface area (Å²) in [6.07, 6.45) is -1.59. The van der Waals surface area contributed by atoms with Crippen molar-refractivity contribution in [2.75, 3.05) is 0 Å². The molecule has 3 nitrogen and oxygen atoms in total. The fraction of sp³-hybridized carbons (Fsp3) is 0.278. The number of hydrogen-bond acceptors (Lipinski definition) is 3. The second-order valence-corrected chi connectivity index (χ2v) is 5.30. The zero-order valence-corrected chi connectivity index (χ0v) is 12.5. The van der Waals surface area contributed by atoms with Crippen LogP contribution in [0.5, 0.6) is 0 Å². The standard InChI is InChI=1S/C18H20O3/c1-12-4-8-15(9-5-12)17(20)18(21-14(3)19)16-10-6-13(2)7-11-16/h4-11,17-18,20H,1-3H3/t17-,18-/m1/s1. The van der Waals surface area contributed by atoms with E-state index in [0.29, 0.717) is 0 Å². The predicted octanol–water partition coefficient (Wildman–Crippen LogP) is 3.64. The Bertz CT molecular complexity index is 599. The molecule has 2 rings (SSSR count). The fourth-order valence-electron chi connectivity index (χ4n) is 2.19. The Morgan fingerprint density at radius 3 is 1.76 bits per heavy atom. The van der Waals surface area contributed by atoms with E-state index in [1.54, 1.807) is 0 Å². The molecule has 0 fully saturated rings. The van der Waals surface area contributed by atoms with E-state index in [9.17, 15) is 9.90 Å². The van der Waals surface area contributed by atoms with E-state index in [2.05, 4.69) is 0 Å². The van der Waals surface area contributed by atoms with Crippen LogP contribution in [0.3, 0.4) is 0 Å². The van der Waals surface area contributed by atoms with E-state index >= 15 is 0 Å². The predicted molar refractivity (Wildman–Crippen MR) is 81.8 cm³/mol. The molecule has 0 unspecified atom stereocenters. The van der Waals surface area contributed by atoms with Gasteiger partial charge in [-0.2, -0.15) is 0 Å². The molecule has 0 heterocycles. The van der Waals surface area contributed by atoms with Crippen molar-refractivity contribution in [3.05, 3.63) is 70.8 Å². The van der Waals surface area contributed by atoms with Crippen molar-refractivity contribution < 1.29 is 14.6 Å². The SMILES string of the molecule is CC(=O)O[C@H](c1ccc(C)cc1)[C@H](O)c1ccc(C)cc1. The van der Waals surface area contributed by atoms with Crippen molar-refractivity contribution in [2.45, 2.75) is 33.0 Å². The van der Waals surface area contributed by atoms with Crippen molar-refractivity contribution in [2.24, 2.45) is 0 Å². The maximum atomic E-state index is 11.4. The maximum absolute atomic E-state index is 11.4. The second kappa shape index (κ2) is 6.55. The lowest BCUT2D eigenvalue weighted by atomic mass is 9.97. The van der Waals surface area contributed by atoms with Crippen LogP contribution < -0.4 is 0 Å². The van der Waals surface area contributed by atoms with Crippen molar-refractivity contribution >= 4 is 5.97 Å². The molecule has 0 saturated carbocycles. The average Bonchev–Trinajstić information content (AvgIpc) is 2.46. The highest BCUT2D eigenvalue weighted by Gasteiger charge is 2.25. The molecule has 110 valence electrons. The molecule has 21 heavy (non-hydrogen) atoms. The highest BCUT2D eigenvalue weighted by atomic mass is 16.6. The molecule has 0 radical (unpaired) electrons. The third-order valence-corrected chi connectivity index (χ3v) is 3.40. The van der Waals surface area contributed by atoms with Gasteiger partial charge in [-0.3, -0.25) is 4.79 Å². The van der Waals surface area contributed by atoms with Gasteiger partial charge in [0.05, 0.1) is 0 Å². The lowest BCUT2D eigenvalue weighted by Gasteiger charge is -2.23. The Morgan fingerprint density at radius 1 is 0.905 bits per heavy atom. The Labute approximate surface area is 125 Å². The monoisotopic (exact) mass is 284 g/mol. The molecule has 0 saturated heterocycles. The summed E-state index contributed by atoms with van der Waals surface area (Å²) in [5.41, 5.74) is 3.74. The number of aliphatic hydroxyl groups excluding tert-OH is 1. The summed E-state index contributed by atoms with van der Waals surface area (Å²) in [6, 6.07) is 15.2. The molecule has 3 heteroatoms. The lowest BCUT2D eigenvalue weighted by molar-refractivity contribution is -0.153. The fourth-order valence-corrected chi connectivity index (χ4v) is 2.19. The summed E-state index contributed by atoms with van der Waals surface area (Å²) in [5.74, 6) is -0.410. The van der Waals surface area contributed by atoms with Crippen molar-refractivity contribution in [1.29, 1.82) is 0 Å². The molecule has 1 N–H and O–H groups in total. The van der Waals surface area contributed by atoms with Crippen LogP contribution in [0.2, 0.25) is 0 Å². The van der Waals surface area contributed by atoms with Gasteiger partial charge in [-0.05, 0) is 25.0 Å². The van der Waals surface area contributed by atoms with Gasteiger partial charge in [0.25, 0.3) is 0 Å². The smallest absolute Gasteiger partial charge is 0.303 e. The molecule has 0 amide bonds.